The van der Waals surface area contributed by atoms with Crippen molar-refractivity contribution in [3.63, 3.8) is 0 Å². The first-order valence-corrected chi connectivity index (χ1v) is 25.8. The van der Waals surface area contributed by atoms with Gasteiger partial charge in [0.15, 0.2) is 6.10 Å². The summed E-state index contributed by atoms with van der Waals surface area (Å²) < 4.78 is 16.7. The molecular weight excluding hydrogens is 757 g/mol. The first-order chi connectivity index (χ1) is 30.0. The van der Waals surface area contributed by atoms with Gasteiger partial charge >= 0.3 is 17.9 Å². The van der Waals surface area contributed by atoms with Crippen LogP contribution in [0.15, 0.2) is 60.8 Å². The molecule has 1 atom stereocenters. The summed E-state index contributed by atoms with van der Waals surface area (Å²) in [5, 5.41) is 0. The second-order valence-corrected chi connectivity index (χ2v) is 17.1. The number of unbranched alkanes of at least 4 members (excludes halogenated alkanes) is 25. The molecule has 0 aliphatic heterocycles. The quantitative estimate of drug-likeness (QED) is 0.0263. The van der Waals surface area contributed by atoms with Crippen molar-refractivity contribution in [3.8, 4) is 0 Å². The van der Waals surface area contributed by atoms with E-state index in [2.05, 4.69) is 75.5 Å². The Kier molecular flexibility index (Phi) is 47.4. The van der Waals surface area contributed by atoms with Crippen molar-refractivity contribution in [1.29, 1.82) is 0 Å². The van der Waals surface area contributed by atoms with Gasteiger partial charge in [-0.25, -0.2) is 0 Å². The lowest BCUT2D eigenvalue weighted by molar-refractivity contribution is -0.166. The van der Waals surface area contributed by atoms with Crippen LogP contribution in [-0.4, -0.2) is 37.2 Å². The van der Waals surface area contributed by atoms with Gasteiger partial charge in [0.1, 0.15) is 13.2 Å². The standard InChI is InChI=1S/C55H96O6/c1-4-7-10-13-16-19-22-25-27-28-31-33-36-39-42-45-48-54(57)60-51-52(50-59-53(56)47-44-41-38-35-32-29-24-21-18-15-12-9-6-3)61-55(58)49-46-43-40-37-34-30-26-23-20-17-14-11-8-5-2/h9,12,18,21,23,26,29,32,38,41,52H,4-8,10-11,13-17,19-20,22,24-25,27-28,30-31,33-37,39-40,42-51H2,1-3H3/b12-9-,21-18-,26-23-,32-29-,41-38-. The van der Waals surface area contributed by atoms with Crippen LogP contribution in [0.3, 0.4) is 0 Å². The number of hydrogen-bond acceptors (Lipinski definition) is 6. The van der Waals surface area contributed by atoms with Gasteiger partial charge in [0.05, 0.1) is 0 Å². The summed E-state index contributed by atoms with van der Waals surface area (Å²) >= 11 is 0. The molecule has 0 spiro atoms. The van der Waals surface area contributed by atoms with Gasteiger partial charge in [-0.3, -0.25) is 14.4 Å². The second kappa shape index (κ2) is 49.8. The van der Waals surface area contributed by atoms with Crippen LogP contribution in [-0.2, 0) is 28.6 Å². The number of carbonyl (C=O) groups excluding carboxylic acids is 3. The van der Waals surface area contributed by atoms with Crippen LogP contribution in [0.1, 0.15) is 252 Å². The number of esters is 3. The van der Waals surface area contributed by atoms with Crippen LogP contribution < -0.4 is 0 Å². The summed E-state index contributed by atoms with van der Waals surface area (Å²) in [6, 6.07) is 0. The molecular formula is C55H96O6. The minimum absolute atomic E-state index is 0.0974. The summed E-state index contributed by atoms with van der Waals surface area (Å²) in [4.78, 5) is 37.9. The summed E-state index contributed by atoms with van der Waals surface area (Å²) in [6.45, 7) is 6.45. The van der Waals surface area contributed by atoms with E-state index in [1.54, 1.807) is 0 Å². The lowest BCUT2D eigenvalue weighted by Crippen LogP contribution is -2.30. The Balaban J connectivity index is 4.44. The smallest absolute Gasteiger partial charge is 0.306 e. The number of rotatable bonds is 46. The van der Waals surface area contributed by atoms with Crippen molar-refractivity contribution in [2.45, 2.75) is 258 Å². The molecule has 0 saturated heterocycles. The maximum atomic E-state index is 12.8. The van der Waals surface area contributed by atoms with Crippen LogP contribution in [0.4, 0.5) is 0 Å². The van der Waals surface area contributed by atoms with Gasteiger partial charge in [-0.15, -0.1) is 0 Å². The average Bonchev–Trinajstić information content (AvgIpc) is 3.26. The Labute approximate surface area is 377 Å². The normalized spacial score (nSPS) is 12.5. The van der Waals surface area contributed by atoms with Crippen LogP contribution in [0, 0.1) is 0 Å². The second-order valence-electron chi connectivity index (χ2n) is 17.1. The predicted octanol–water partition coefficient (Wildman–Crippen LogP) is 16.9. The third-order valence-corrected chi connectivity index (χ3v) is 11.0. The molecule has 0 aromatic rings. The maximum absolute atomic E-state index is 12.8. The molecule has 0 heterocycles. The fourth-order valence-electron chi connectivity index (χ4n) is 7.16. The van der Waals surface area contributed by atoms with Crippen molar-refractivity contribution in [2.24, 2.45) is 0 Å². The third kappa shape index (κ3) is 48.0. The Hall–Kier alpha value is -2.89. The molecule has 6 nitrogen and oxygen atoms in total. The van der Waals surface area contributed by atoms with E-state index in [0.717, 1.165) is 77.0 Å². The van der Waals surface area contributed by atoms with Gasteiger partial charge in [-0.2, -0.15) is 0 Å². The average molecular weight is 853 g/mol. The number of ether oxygens (including phenoxy) is 3. The van der Waals surface area contributed by atoms with Crippen molar-refractivity contribution in [3.05, 3.63) is 60.8 Å². The van der Waals surface area contributed by atoms with Gasteiger partial charge in [-0.05, 0) is 70.6 Å². The molecule has 0 aromatic heterocycles. The summed E-state index contributed by atoms with van der Waals surface area (Å²) in [5.74, 6) is -0.986. The number of carbonyl (C=O) groups is 3. The summed E-state index contributed by atoms with van der Waals surface area (Å²) in [5.41, 5.74) is 0. The highest BCUT2D eigenvalue weighted by molar-refractivity contribution is 5.71. The highest BCUT2D eigenvalue weighted by Gasteiger charge is 2.19. The lowest BCUT2D eigenvalue weighted by Gasteiger charge is -2.18. The highest BCUT2D eigenvalue weighted by atomic mass is 16.6. The SMILES string of the molecule is CC/C=C\C/C=C\C/C=C\C/C=C\CCC(=O)OCC(COC(=O)CCCCCCCCCCCCCCCCCC)OC(=O)CCCCCCC/C=C\CCCCCCC. The van der Waals surface area contributed by atoms with Gasteiger partial charge in [-0.1, -0.05) is 223 Å². The van der Waals surface area contributed by atoms with Gasteiger partial charge in [0.2, 0.25) is 0 Å². The Morgan fingerprint density at radius 3 is 1.10 bits per heavy atom. The summed E-state index contributed by atoms with van der Waals surface area (Å²) in [6.07, 6.45) is 60.7. The van der Waals surface area contributed by atoms with Crippen molar-refractivity contribution in [2.75, 3.05) is 13.2 Å². The summed E-state index contributed by atoms with van der Waals surface area (Å²) in [7, 11) is 0. The van der Waals surface area contributed by atoms with Crippen molar-refractivity contribution >= 4 is 17.9 Å². The van der Waals surface area contributed by atoms with Gasteiger partial charge in [0, 0.05) is 19.3 Å². The molecule has 0 bridgehead atoms. The molecule has 0 rings (SSSR count). The van der Waals surface area contributed by atoms with Crippen molar-refractivity contribution in [1.82, 2.24) is 0 Å². The van der Waals surface area contributed by atoms with Crippen LogP contribution in [0.5, 0.6) is 0 Å². The van der Waals surface area contributed by atoms with Crippen LogP contribution in [0.2, 0.25) is 0 Å². The van der Waals surface area contributed by atoms with Crippen molar-refractivity contribution < 1.29 is 28.6 Å². The minimum atomic E-state index is -0.804. The van der Waals surface area contributed by atoms with Gasteiger partial charge < -0.3 is 14.2 Å². The molecule has 0 N–H and O–H groups in total. The van der Waals surface area contributed by atoms with E-state index in [1.165, 1.54) is 128 Å². The molecule has 1 unspecified atom stereocenters. The fraction of sp³-hybridized carbons (Fsp3) is 0.764. The molecule has 0 aromatic carbocycles. The molecule has 352 valence electrons. The zero-order valence-corrected chi connectivity index (χ0v) is 40.2. The largest absolute Gasteiger partial charge is 0.462 e. The minimum Gasteiger partial charge on any atom is -0.462 e. The van der Waals surface area contributed by atoms with E-state index < -0.39 is 6.10 Å². The first-order valence-electron chi connectivity index (χ1n) is 25.8. The highest BCUT2D eigenvalue weighted by Crippen LogP contribution is 2.15. The van der Waals surface area contributed by atoms with Gasteiger partial charge in [0.25, 0.3) is 0 Å². The molecule has 61 heavy (non-hydrogen) atoms. The Morgan fingerprint density at radius 1 is 0.344 bits per heavy atom. The molecule has 0 radical (unpaired) electrons. The van der Waals surface area contributed by atoms with Crippen LogP contribution >= 0.6 is 0 Å². The first kappa shape index (κ1) is 58.1. The Bertz CT molecular complexity index is 1120. The van der Waals surface area contributed by atoms with E-state index in [0.29, 0.717) is 19.3 Å². The van der Waals surface area contributed by atoms with E-state index in [-0.39, 0.29) is 37.5 Å². The molecule has 0 amide bonds. The van der Waals surface area contributed by atoms with E-state index in [1.807, 2.05) is 6.08 Å². The monoisotopic (exact) mass is 853 g/mol. The predicted molar refractivity (Wildman–Crippen MR) is 261 cm³/mol. The number of allylic oxidation sites excluding steroid dienone is 10. The molecule has 0 aliphatic rings. The van der Waals surface area contributed by atoms with E-state index >= 15 is 0 Å². The number of hydrogen-bond donors (Lipinski definition) is 0. The lowest BCUT2D eigenvalue weighted by atomic mass is 10.0. The zero-order valence-electron chi connectivity index (χ0n) is 40.2. The molecule has 0 fully saturated rings. The third-order valence-electron chi connectivity index (χ3n) is 11.0. The van der Waals surface area contributed by atoms with E-state index in [4.69, 9.17) is 14.2 Å². The van der Waals surface area contributed by atoms with E-state index in [9.17, 15) is 14.4 Å². The molecule has 0 aliphatic carbocycles. The van der Waals surface area contributed by atoms with Crippen LogP contribution in [0.25, 0.3) is 0 Å². The maximum Gasteiger partial charge on any atom is 0.306 e. The topological polar surface area (TPSA) is 78.9 Å². The zero-order chi connectivity index (χ0) is 44.4. The molecule has 0 saturated carbocycles. The molecule has 6 heteroatoms. The Morgan fingerprint density at radius 2 is 0.672 bits per heavy atom. The fourth-order valence-corrected chi connectivity index (χ4v) is 7.16.